The molecule has 0 aliphatic rings. The Morgan fingerprint density at radius 3 is 2.10 bits per heavy atom. The summed E-state index contributed by atoms with van der Waals surface area (Å²) in [6.07, 6.45) is 3.24. The first-order valence-corrected chi connectivity index (χ1v) is 8.24. The van der Waals surface area contributed by atoms with E-state index in [1.165, 1.54) is 11.1 Å². The number of rotatable bonds is 7. The highest BCUT2D eigenvalue weighted by Gasteiger charge is 2.22. The minimum absolute atomic E-state index is 0.469. The van der Waals surface area contributed by atoms with E-state index in [2.05, 4.69) is 66.9 Å². The Kier molecular flexibility index (Phi) is 6.16. The van der Waals surface area contributed by atoms with Gasteiger partial charge in [0.15, 0.2) is 0 Å². The molecule has 0 aromatic heterocycles. The van der Waals surface area contributed by atoms with Crippen molar-refractivity contribution in [2.45, 2.75) is 11.7 Å². The predicted molar refractivity (Wildman–Crippen MR) is 88.2 cm³/mol. The van der Waals surface area contributed by atoms with E-state index in [1.807, 2.05) is 11.8 Å². The molecule has 0 saturated heterocycles. The molecule has 0 aliphatic heterocycles. The lowest BCUT2D eigenvalue weighted by atomic mass is 9.92. The summed E-state index contributed by atoms with van der Waals surface area (Å²) >= 11 is 1.91. The van der Waals surface area contributed by atoms with E-state index >= 15 is 0 Å². The molecule has 2 atom stereocenters. The fourth-order valence-electron chi connectivity index (χ4n) is 2.63. The molecule has 2 heteroatoms. The second kappa shape index (κ2) is 8.13. The van der Waals surface area contributed by atoms with Gasteiger partial charge >= 0.3 is 0 Å². The topological polar surface area (TPSA) is 9.23 Å². The number of ether oxygens (including phenoxy) is 1. The Balaban J connectivity index is 2.17. The second-order valence-electron chi connectivity index (χ2n) is 4.97. The van der Waals surface area contributed by atoms with Crippen LogP contribution in [0.3, 0.4) is 0 Å². The Morgan fingerprint density at radius 2 is 1.55 bits per heavy atom. The van der Waals surface area contributed by atoms with Crippen LogP contribution < -0.4 is 0 Å². The maximum atomic E-state index is 5.47. The predicted octanol–water partition coefficient (Wildman–Crippen LogP) is 4.60. The summed E-state index contributed by atoms with van der Waals surface area (Å²) in [5.74, 6) is 0.486. The highest BCUT2D eigenvalue weighted by atomic mass is 32.2. The molecule has 0 radical (unpaired) electrons. The molecular formula is C18H22OS. The van der Waals surface area contributed by atoms with Gasteiger partial charge in [0.25, 0.3) is 0 Å². The third-order valence-electron chi connectivity index (χ3n) is 3.53. The summed E-state index contributed by atoms with van der Waals surface area (Å²) < 4.78 is 5.47. The Hall–Kier alpha value is -1.25. The molecule has 0 aliphatic carbocycles. The van der Waals surface area contributed by atoms with Crippen LogP contribution in [0, 0.1) is 5.92 Å². The maximum absolute atomic E-state index is 5.47. The van der Waals surface area contributed by atoms with Crippen LogP contribution in [-0.2, 0) is 11.2 Å². The molecule has 0 heterocycles. The van der Waals surface area contributed by atoms with Crippen molar-refractivity contribution in [2.24, 2.45) is 5.92 Å². The van der Waals surface area contributed by atoms with Gasteiger partial charge in [-0.1, -0.05) is 60.7 Å². The van der Waals surface area contributed by atoms with Crippen LogP contribution in [0.4, 0.5) is 0 Å². The van der Waals surface area contributed by atoms with Gasteiger partial charge in [-0.25, -0.2) is 0 Å². The van der Waals surface area contributed by atoms with Crippen LogP contribution in [-0.4, -0.2) is 20.0 Å². The number of methoxy groups -OCH3 is 1. The maximum Gasteiger partial charge on any atom is 0.0507 e. The standard InChI is InChI=1S/C18H22OS/c1-19-14-17(13-15-9-5-3-6-10-15)18(20-2)16-11-7-4-8-12-16/h3-12,17-18H,13-14H2,1-2H3/t17?,18-/m1/s1. The van der Waals surface area contributed by atoms with Crippen molar-refractivity contribution in [3.05, 3.63) is 71.8 Å². The van der Waals surface area contributed by atoms with Gasteiger partial charge in [0, 0.05) is 18.3 Å². The first kappa shape index (κ1) is 15.1. The van der Waals surface area contributed by atoms with Crippen LogP contribution in [0.1, 0.15) is 16.4 Å². The van der Waals surface area contributed by atoms with E-state index in [9.17, 15) is 0 Å². The van der Waals surface area contributed by atoms with E-state index in [1.54, 1.807) is 7.11 Å². The molecule has 2 aromatic carbocycles. The van der Waals surface area contributed by atoms with Crippen molar-refractivity contribution in [2.75, 3.05) is 20.0 Å². The van der Waals surface area contributed by atoms with E-state index in [0.717, 1.165) is 13.0 Å². The molecule has 20 heavy (non-hydrogen) atoms. The lowest BCUT2D eigenvalue weighted by molar-refractivity contribution is 0.150. The zero-order chi connectivity index (χ0) is 14.2. The third kappa shape index (κ3) is 4.12. The molecule has 0 bridgehead atoms. The van der Waals surface area contributed by atoms with Crippen molar-refractivity contribution in [1.29, 1.82) is 0 Å². The largest absolute Gasteiger partial charge is 0.384 e. The minimum atomic E-state index is 0.469. The van der Waals surface area contributed by atoms with Crippen LogP contribution in [0.25, 0.3) is 0 Å². The van der Waals surface area contributed by atoms with E-state index in [-0.39, 0.29) is 0 Å². The van der Waals surface area contributed by atoms with Crippen molar-refractivity contribution >= 4 is 11.8 Å². The quantitative estimate of drug-likeness (QED) is 0.736. The van der Waals surface area contributed by atoms with Gasteiger partial charge in [0.05, 0.1) is 6.61 Å². The summed E-state index contributed by atoms with van der Waals surface area (Å²) in [4.78, 5) is 0. The second-order valence-corrected chi connectivity index (χ2v) is 5.95. The average molecular weight is 286 g/mol. The van der Waals surface area contributed by atoms with Gasteiger partial charge in [-0.05, 0) is 23.8 Å². The number of thioether (sulfide) groups is 1. The monoisotopic (exact) mass is 286 g/mol. The average Bonchev–Trinajstić information content (AvgIpc) is 2.50. The Labute approximate surface area is 126 Å². The third-order valence-corrected chi connectivity index (χ3v) is 4.70. The molecule has 106 valence electrons. The number of hydrogen-bond acceptors (Lipinski definition) is 2. The van der Waals surface area contributed by atoms with Crippen molar-refractivity contribution in [3.8, 4) is 0 Å². The molecule has 1 nitrogen and oxygen atoms in total. The van der Waals surface area contributed by atoms with E-state index in [4.69, 9.17) is 4.74 Å². The van der Waals surface area contributed by atoms with Gasteiger partial charge in [-0.15, -0.1) is 0 Å². The molecule has 0 amide bonds. The minimum Gasteiger partial charge on any atom is -0.384 e. The van der Waals surface area contributed by atoms with Crippen LogP contribution in [0.5, 0.6) is 0 Å². The molecule has 2 rings (SSSR count). The van der Waals surface area contributed by atoms with Crippen molar-refractivity contribution in [1.82, 2.24) is 0 Å². The molecule has 0 spiro atoms. The van der Waals surface area contributed by atoms with Crippen LogP contribution in [0.15, 0.2) is 60.7 Å². The summed E-state index contributed by atoms with van der Waals surface area (Å²) in [7, 11) is 1.79. The molecule has 1 unspecified atom stereocenters. The summed E-state index contributed by atoms with van der Waals surface area (Å²) in [6.45, 7) is 0.787. The SMILES string of the molecule is COCC(Cc1ccccc1)[C@H](SC)c1ccccc1. The van der Waals surface area contributed by atoms with Crippen molar-refractivity contribution in [3.63, 3.8) is 0 Å². The summed E-state index contributed by atoms with van der Waals surface area (Å²) in [6, 6.07) is 21.4. The lowest BCUT2D eigenvalue weighted by Crippen LogP contribution is -2.18. The van der Waals surface area contributed by atoms with Gasteiger partial charge in [-0.2, -0.15) is 11.8 Å². The zero-order valence-electron chi connectivity index (χ0n) is 12.2. The molecule has 0 N–H and O–H groups in total. The summed E-state index contributed by atoms with van der Waals surface area (Å²) in [5.41, 5.74) is 2.77. The molecule has 0 saturated carbocycles. The first-order valence-electron chi connectivity index (χ1n) is 6.95. The molecule has 0 fully saturated rings. The molecule has 2 aromatic rings. The van der Waals surface area contributed by atoms with E-state index < -0.39 is 0 Å². The lowest BCUT2D eigenvalue weighted by Gasteiger charge is -2.26. The zero-order valence-corrected chi connectivity index (χ0v) is 13.0. The summed E-state index contributed by atoms with van der Waals surface area (Å²) in [5, 5.41) is 0.469. The van der Waals surface area contributed by atoms with Crippen molar-refractivity contribution < 1.29 is 4.74 Å². The smallest absolute Gasteiger partial charge is 0.0507 e. The fraction of sp³-hybridized carbons (Fsp3) is 0.333. The van der Waals surface area contributed by atoms with E-state index in [0.29, 0.717) is 11.2 Å². The van der Waals surface area contributed by atoms with Gasteiger partial charge in [-0.3, -0.25) is 0 Å². The number of benzene rings is 2. The van der Waals surface area contributed by atoms with Gasteiger partial charge < -0.3 is 4.74 Å². The first-order chi connectivity index (χ1) is 9.85. The normalized spacial score (nSPS) is 13.9. The highest BCUT2D eigenvalue weighted by Crippen LogP contribution is 2.36. The molecular weight excluding hydrogens is 264 g/mol. The number of hydrogen-bond donors (Lipinski definition) is 0. The van der Waals surface area contributed by atoms with Crippen LogP contribution >= 0.6 is 11.8 Å². The van der Waals surface area contributed by atoms with Gasteiger partial charge in [0.1, 0.15) is 0 Å². The Bertz CT molecular complexity index is 483. The Morgan fingerprint density at radius 1 is 0.950 bits per heavy atom. The fourth-order valence-corrected chi connectivity index (χ4v) is 3.62. The van der Waals surface area contributed by atoms with Crippen LogP contribution in [0.2, 0.25) is 0 Å². The highest BCUT2D eigenvalue weighted by molar-refractivity contribution is 7.98. The van der Waals surface area contributed by atoms with Gasteiger partial charge in [0.2, 0.25) is 0 Å².